The third-order valence-corrected chi connectivity index (χ3v) is 3.73. The summed E-state index contributed by atoms with van der Waals surface area (Å²) in [5.74, 6) is -5.35. The van der Waals surface area contributed by atoms with Crippen LogP contribution in [-0.4, -0.2) is 131 Å². The van der Waals surface area contributed by atoms with Crippen LogP contribution in [0.5, 0.6) is 0 Å². The topological polar surface area (TPSA) is 311 Å². The minimum Gasteiger partial charge on any atom is -0.478 e. The van der Waals surface area contributed by atoms with Crippen molar-refractivity contribution in [3.63, 3.8) is 0 Å². The Morgan fingerprint density at radius 2 is 0.541 bits per heavy atom. The Morgan fingerprint density at radius 3 is 0.541 bits per heavy atom. The third kappa shape index (κ3) is 31.1. The number of hydrogen-bond acceptors (Lipinski definition) is 16. The summed E-state index contributed by atoms with van der Waals surface area (Å²) in [7, 11) is 0. The van der Waals surface area contributed by atoms with Crippen molar-refractivity contribution >= 4 is 74.4 Å². The molecule has 0 fully saturated rings. The number of carbonyl (C=O) groups is 4. The van der Waals surface area contributed by atoms with Crippen molar-refractivity contribution in [3.8, 4) is 0 Å². The van der Waals surface area contributed by atoms with Crippen LogP contribution >= 0.6 is 50.5 Å². The average Bonchev–Trinajstić information content (AvgIpc) is 2.69. The maximum Gasteiger partial charge on any atom is 0.345 e. The van der Waals surface area contributed by atoms with Gasteiger partial charge < -0.3 is 61.3 Å². The van der Waals surface area contributed by atoms with E-state index >= 15 is 0 Å². The van der Waals surface area contributed by atoms with E-state index in [9.17, 15) is 19.2 Å². The maximum atomic E-state index is 9.69. The van der Waals surface area contributed by atoms with Gasteiger partial charge in [0.05, 0.1) is 31.8 Å². The minimum atomic E-state index is -1.89. The predicted molar refractivity (Wildman–Crippen MR) is 140 cm³/mol. The highest BCUT2D eigenvalue weighted by Gasteiger charge is 2.27. The molecule has 4 unspecified atom stereocenters. The SMILES string of the molecule is CC(O)(S)C(=O)O.CC(O)(S)C(=O)O.CC(O)(S)C(=O)O.CC(O)(S)C(=O)O.OCC(CO)(CO)CO. The molecule has 0 heterocycles. The molecule has 0 aliphatic carbocycles. The monoisotopic (exact) mass is 624 g/mol. The van der Waals surface area contributed by atoms with E-state index in [0.29, 0.717) is 0 Å². The van der Waals surface area contributed by atoms with Crippen molar-refractivity contribution < 1.29 is 80.5 Å². The first-order valence-corrected chi connectivity index (χ1v) is 11.0. The molecular weight excluding hydrogens is 588 g/mol. The van der Waals surface area contributed by atoms with Crippen LogP contribution in [0.4, 0.5) is 0 Å². The van der Waals surface area contributed by atoms with E-state index in [0.717, 1.165) is 27.7 Å². The van der Waals surface area contributed by atoms with Gasteiger partial charge in [-0.15, -0.1) is 50.5 Å². The van der Waals surface area contributed by atoms with E-state index in [1.165, 1.54) is 0 Å². The zero-order valence-electron chi connectivity index (χ0n) is 20.1. The molecule has 0 saturated carbocycles. The molecule has 0 bridgehead atoms. The number of thiol groups is 4. The molecule has 0 radical (unpaired) electrons. The molecule has 37 heavy (non-hydrogen) atoms. The summed E-state index contributed by atoms with van der Waals surface area (Å²) in [5.41, 5.74) is -1.11. The van der Waals surface area contributed by atoms with Crippen LogP contribution in [0.15, 0.2) is 0 Å². The average molecular weight is 625 g/mol. The van der Waals surface area contributed by atoms with Crippen LogP contribution in [0.25, 0.3) is 0 Å². The lowest BCUT2D eigenvalue weighted by atomic mass is 9.93. The molecule has 224 valence electrons. The zero-order valence-corrected chi connectivity index (χ0v) is 23.7. The second-order valence-corrected chi connectivity index (χ2v) is 10.9. The molecule has 12 N–H and O–H groups in total. The van der Waals surface area contributed by atoms with Gasteiger partial charge in [-0.25, -0.2) is 19.2 Å². The van der Waals surface area contributed by atoms with E-state index in [1.54, 1.807) is 0 Å². The van der Waals surface area contributed by atoms with E-state index < -0.39 is 75.5 Å². The second-order valence-electron chi connectivity index (χ2n) is 7.44. The fourth-order valence-electron chi connectivity index (χ4n) is 0.300. The summed E-state index contributed by atoms with van der Waals surface area (Å²) in [6.45, 7) is 2.70. The van der Waals surface area contributed by atoms with Gasteiger partial charge in [0, 0.05) is 0 Å². The smallest absolute Gasteiger partial charge is 0.345 e. The molecule has 0 saturated heterocycles. The Kier molecular flexibility index (Phi) is 24.7. The lowest BCUT2D eigenvalue weighted by Gasteiger charge is -2.23. The van der Waals surface area contributed by atoms with Crippen LogP contribution in [0, 0.1) is 5.41 Å². The van der Waals surface area contributed by atoms with Gasteiger partial charge in [-0.2, -0.15) is 0 Å². The molecule has 0 rings (SSSR count). The summed E-state index contributed by atoms with van der Waals surface area (Å²) in [5, 5.41) is 99.1. The quantitative estimate of drug-likeness (QED) is 0.0932. The number of aliphatic carboxylic acids is 4. The largest absolute Gasteiger partial charge is 0.478 e. The highest BCUT2D eigenvalue weighted by molar-refractivity contribution is 7.83. The van der Waals surface area contributed by atoms with Crippen molar-refractivity contribution in [2.24, 2.45) is 5.41 Å². The number of rotatable bonds is 8. The van der Waals surface area contributed by atoms with Crippen molar-refractivity contribution in [2.75, 3.05) is 26.4 Å². The van der Waals surface area contributed by atoms with E-state index in [2.05, 4.69) is 50.5 Å². The summed E-state index contributed by atoms with van der Waals surface area (Å²) in [6, 6.07) is 0. The molecule has 0 aromatic carbocycles. The fourth-order valence-corrected chi connectivity index (χ4v) is 0.300. The van der Waals surface area contributed by atoms with Crippen molar-refractivity contribution in [1.29, 1.82) is 0 Å². The van der Waals surface area contributed by atoms with Gasteiger partial charge in [-0.05, 0) is 27.7 Å². The van der Waals surface area contributed by atoms with Crippen LogP contribution in [0.1, 0.15) is 27.7 Å². The predicted octanol–water partition coefficient (Wildman–Crippen LogP) is -3.22. The summed E-state index contributed by atoms with van der Waals surface area (Å²) >= 11 is 13.2. The molecular formula is C17H36O16S4. The standard InChI is InChI=1S/C5H12O4.4C3H6O3S/c6-1-5(2-7,3-8)4-9;4*1-3(6,7)2(4)5/h6-9H,1-4H2;4*6-7H,1H3,(H,4,5). The number of carboxylic acid groups (broad SMARTS) is 4. The Morgan fingerprint density at radius 1 is 0.459 bits per heavy atom. The zero-order chi connectivity index (χ0) is 31.6. The molecule has 16 nitrogen and oxygen atoms in total. The van der Waals surface area contributed by atoms with Gasteiger partial charge in [-0.3, -0.25) is 0 Å². The Balaban J connectivity index is -0.000000116. The van der Waals surface area contributed by atoms with Crippen LogP contribution in [0.3, 0.4) is 0 Å². The molecule has 20 heteroatoms. The number of aliphatic hydroxyl groups is 8. The van der Waals surface area contributed by atoms with Gasteiger partial charge >= 0.3 is 23.9 Å². The van der Waals surface area contributed by atoms with Gasteiger partial charge in [0.15, 0.2) is 0 Å². The first-order chi connectivity index (χ1) is 16.0. The minimum absolute atomic E-state index is 0.406. The van der Waals surface area contributed by atoms with Gasteiger partial charge in [-0.1, -0.05) is 0 Å². The summed E-state index contributed by atoms with van der Waals surface area (Å²) in [4.78, 5) is 31.2. The Bertz CT molecular complexity index is 557. The molecule has 0 aliphatic heterocycles. The van der Waals surface area contributed by atoms with Crippen molar-refractivity contribution in [2.45, 2.75) is 47.4 Å². The van der Waals surface area contributed by atoms with Crippen LogP contribution in [0.2, 0.25) is 0 Å². The molecule has 0 aromatic rings. The first kappa shape index (κ1) is 45.9. The Labute approximate surface area is 233 Å². The van der Waals surface area contributed by atoms with Gasteiger partial charge in [0.1, 0.15) is 0 Å². The summed E-state index contributed by atoms with van der Waals surface area (Å²) in [6.07, 6.45) is 0. The summed E-state index contributed by atoms with van der Waals surface area (Å²) < 4.78 is 0. The van der Waals surface area contributed by atoms with Crippen LogP contribution in [-0.2, 0) is 19.2 Å². The van der Waals surface area contributed by atoms with E-state index in [1.807, 2.05) is 0 Å². The van der Waals surface area contributed by atoms with Gasteiger partial charge in [0.25, 0.3) is 0 Å². The normalized spacial score (nSPS) is 16.6. The highest BCUT2D eigenvalue weighted by Crippen LogP contribution is 2.12. The molecule has 4 atom stereocenters. The van der Waals surface area contributed by atoms with Crippen molar-refractivity contribution in [1.82, 2.24) is 0 Å². The number of carboxylic acids is 4. The number of aliphatic hydroxyl groups excluding tert-OH is 4. The first-order valence-electron chi connectivity index (χ1n) is 9.18. The third-order valence-electron chi connectivity index (χ3n) is 2.96. The van der Waals surface area contributed by atoms with Gasteiger partial charge in [0.2, 0.25) is 19.7 Å². The molecule has 0 amide bonds. The van der Waals surface area contributed by atoms with Crippen LogP contribution < -0.4 is 0 Å². The molecule has 0 spiro atoms. The lowest BCUT2D eigenvalue weighted by Crippen LogP contribution is -2.37. The van der Waals surface area contributed by atoms with E-state index in [-0.39, 0.29) is 0 Å². The van der Waals surface area contributed by atoms with E-state index in [4.69, 9.17) is 61.3 Å². The second kappa shape index (κ2) is 19.9. The Hall–Kier alpha value is -1.04. The number of hydrogen-bond donors (Lipinski definition) is 16. The maximum absolute atomic E-state index is 9.69. The van der Waals surface area contributed by atoms with Crippen molar-refractivity contribution in [3.05, 3.63) is 0 Å². The highest BCUT2D eigenvalue weighted by atomic mass is 32.1. The molecule has 0 aromatic heterocycles. The molecule has 0 aliphatic rings. The lowest BCUT2D eigenvalue weighted by molar-refractivity contribution is -0.148. The fraction of sp³-hybridized carbons (Fsp3) is 0.765.